The predicted molar refractivity (Wildman–Crippen MR) is 149 cm³/mol. The molecule has 4 heterocycles. The number of anilines is 3. The van der Waals surface area contributed by atoms with E-state index in [0.717, 1.165) is 60.3 Å². The number of aryl methyl sites for hydroxylation is 1. The van der Waals surface area contributed by atoms with Crippen LogP contribution < -0.4 is 10.2 Å². The minimum atomic E-state index is 0.674. The lowest BCUT2D eigenvalue weighted by Crippen LogP contribution is -2.37. The monoisotopic (exact) mass is 517 g/mol. The number of nitrogens with one attached hydrogen (secondary N) is 1. The van der Waals surface area contributed by atoms with Crippen LogP contribution in [-0.4, -0.2) is 70.4 Å². The molecule has 2 aromatic heterocycles. The second kappa shape index (κ2) is 10.7. The van der Waals surface area contributed by atoms with E-state index in [1.165, 1.54) is 31.4 Å². The molecule has 0 aliphatic carbocycles. The molecule has 6 rings (SSSR count). The molecular formula is C28H32ClN7O. The third kappa shape index (κ3) is 5.42. The van der Waals surface area contributed by atoms with Crippen molar-refractivity contribution in [3.63, 3.8) is 0 Å². The van der Waals surface area contributed by atoms with E-state index in [-0.39, 0.29) is 0 Å². The Labute approximate surface area is 222 Å². The fourth-order valence-corrected chi connectivity index (χ4v) is 5.30. The first kappa shape index (κ1) is 24.2. The fraction of sp³-hybridized carbons (Fsp3) is 0.393. The molecule has 0 spiro atoms. The summed E-state index contributed by atoms with van der Waals surface area (Å²) in [4.78, 5) is 19.4. The van der Waals surface area contributed by atoms with Crippen LogP contribution in [0.1, 0.15) is 18.7 Å². The van der Waals surface area contributed by atoms with Gasteiger partial charge in [0.2, 0.25) is 5.95 Å². The molecule has 2 saturated heterocycles. The van der Waals surface area contributed by atoms with Crippen LogP contribution in [0.4, 0.5) is 17.5 Å². The van der Waals surface area contributed by atoms with Crippen molar-refractivity contribution < 1.29 is 4.74 Å². The largest absolute Gasteiger partial charge is 0.378 e. The van der Waals surface area contributed by atoms with Gasteiger partial charge in [-0.25, -0.2) is 9.97 Å². The van der Waals surface area contributed by atoms with Crippen LogP contribution in [0.2, 0.25) is 5.02 Å². The Bertz CT molecular complexity index is 1380. The lowest BCUT2D eigenvalue weighted by Gasteiger charge is -2.27. The summed E-state index contributed by atoms with van der Waals surface area (Å²) in [5, 5.41) is 4.12. The molecule has 0 saturated carbocycles. The maximum atomic E-state index is 6.08. The summed E-state index contributed by atoms with van der Waals surface area (Å²) in [5.41, 5.74) is 4.97. The quantitative estimate of drug-likeness (QED) is 0.364. The van der Waals surface area contributed by atoms with Crippen LogP contribution in [0.3, 0.4) is 0 Å². The summed E-state index contributed by atoms with van der Waals surface area (Å²) in [6.45, 7) is 9.43. The third-order valence-electron chi connectivity index (χ3n) is 7.20. The van der Waals surface area contributed by atoms with E-state index in [1.54, 1.807) is 0 Å². The van der Waals surface area contributed by atoms with Gasteiger partial charge in [0.25, 0.3) is 0 Å². The van der Waals surface area contributed by atoms with Crippen molar-refractivity contribution in [3.8, 4) is 11.3 Å². The Morgan fingerprint density at radius 1 is 0.892 bits per heavy atom. The van der Waals surface area contributed by atoms with Crippen molar-refractivity contribution in [3.05, 3.63) is 59.4 Å². The normalized spacial score (nSPS) is 16.5. The van der Waals surface area contributed by atoms with E-state index in [0.29, 0.717) is 24.2 Å². The van der Waals surface area contributed by atoms with Gasteiger partial charge < -0.3 is 24.4 Å². The number of rotatable bonds is 7. The third-order valence-corrected chi connectivity index (χ3v) is 7.45. The second-order valence-electron chi connectivity index (χ2n) is 9.73. The maximum absolute atomic E-state index is 6.08. The van der Waals surface area contributed by atoms with Gasteiger partial charge in [-0.2, -0.15) is 4.98 Å². The highest BCUT2D eigenvalue weighted by Crippen LogP contribution is 2.29. The van der Waals surface area contributed by atoms with Gasteiger partial charge in [0.15, 0.2) is 0 Å². The molecule has 4 aromatic rings. The van der Waals surface area contributed by atoms with Gasteiger partial charge >= 0.3 is 0 Å². The topological polar surface area (TPSA) is 71.3 Å². The van der Waals surface area contributed by atoms with E-state index in [1.807, 2.05) is 30.3 Å². The summed E-state index contributed by atoms with van der Waals surface area (Å²) in [6, 6.07) is 16.1. The number of hydrogen-bond donors (Lipinski definition) is 1. The SMILES string of the molecule is Cc1nc2cc(-c3cc(Nc4ccc(Cl)cc4)nc(N4CCOCC4)n3)ccc2n1CCN1CCCC1. The highest BCUT2D eigenvalue weighted by atomic mass is 35.5. The van der Waals surface area contributed by atoms with Crippen LogP contribution >= 0.6 is 11.6 Å². The van der Waals surface area contributed by atoms with Crippen LogP contribution in [-0.2, 0) is 11.3 Å². The van der Waals surface area contributed by atoms with Gasteiger partial charge in [-0.05, 0) is 69.3 Å². The molecule has 9 heteroatoms. The number of hydrogen-bond acceptors (Lipinski definition) is 7. The average molecular weight is 518 g/mol. The number of likely N-dealkylation sites (tertiary alicyclic amines) is 1. The molecule has 2 fully saturated rings. The Kier molecular flexibility index (Phi) is 6.95. The first-order chi connectivity index (χ1) is 18.1. The first-order valence-electron chi connectivity index (χ1n) is 13.1. The molecule has 0 unspecified atom stereocenters. The molecule has 37 heavy (non-hydrogen) atoms. The Morgan fingerprint density at radius 3 is 2.46 bits per heavy atom. The molecule has 0 atom stereocenters. The van der Waals surface area contributed by atoms with Crippen molar-refractivity contribution in [2.75, 3.05) is 56.2 Å². The smallest absolute Gasteiger partial charge is 0.228 e. The number of morpholine rings is 1. The lowest BCUT2D eigenvalue weighted by molar-refractivity contribution is 0.122. The summed E-state index contributed by atoms with van der Waals surface area (Å²) in [5.74, 6) is 2.49. The molecule has 2 aliphatic rings. The standard InChI is InChI=1S/C28H32ClN7O/c1-20-30-25-18-21(4-9-26(25)36(20)13-12-34-10-2-3-11-34)24-19-27(31-23-7-5-22(29)6-8-23)33-28(32-24)35-14-16-37-17-15-35/h4-9,18-19H,2-3,10-17H2,1H3,(H,31,32,33). The zero-order valence-electron chi connectivity index (χ0n) is 21.2. The summed E-state index contributed by atoms with van der Waals surface area (Å²) in [6.07, 6.45) is 2.63. The molecule has 0 bridgehead atoms. The van der Waals surface area contributed by atoms with E-state index in [4.69, 9.17) is 31.3 Å². The second-order valence-corrected chi connectivity index (χ2v) is 10.2. The zero-order chi connectivity index (χ0) is 25.2. The van der Waals surface area contributed by atoms with Crippen molar-refractivity contribution in [2.45, 2.75) is 26.3 Å². The highest BCUT2D eigenvalue weighted by molar-refractivity contribution is 6.30. The fourth-order valence-electron chi connectivity index (χ4n) is 5.17. The number of imidazole rings is 1. The lowest BCUT2D eigenvalue weighted by atomic mass is 10.1. The summed E-state index contributed by atoms with van der Waals surface area (Å²) in [7, 11) is 0. The number of nitrogens with zero attached hydrogens (tertiary/aromatic N) is 6. The Morgan fingerprint density at radius 2 is 1.68 bits per heavy atom. The van der Waals surface area contributed by atoms with Crippen molar-refractivity contribution in [2.24, 2.45) is 0 Å². The van der Waals surface area contributed by atoms with E-state index < -0.39 is 0 Å². The minimum Gasteiger partial charge on any atom is -0.378 e. The first-order valence-corrected chi connectivity index (χ1v) is 13.4. The van der Waals surface area contributed by atoms with E-state index in [2.05, 4.69) is 44.8 Å². The number of fused-ring (bicyclic) bond motifs is 1. The highest BCUT2D eigenvalue weighted by Gasteiger charge is 2.18. The molecule has 2 aliphatic heterocycles. The number of halogens is 1. The van der Waals surface area contributed by atoms with Gasteiger partial charge in [0.05, 0.1) is 29.9 Å². The van der Waals surface area contributed by atoms with Crippen LogP contribution in [0, 0.1) is 6.92 Å². The molecular weight excluding hydrogens is 486 g/mol. The number of aromatic nitrogens is 4. The molecule has 0 radical (unpaired) electrons. The van der Waals surface area contributed by atoms with Gasteiger partial charge in [-0.1, -0.05) is 17.7 Å². The van der Waals surface area contributed by atoms with Gasteiger partial charge in [-0.3, -0.25) is 0 Å². The molecule has 192 valence electrons. The van der Waals surface area contributed by atoms with Crippen LogP contribution in [0.15, 0.2) is 48.5 Å². The Hall–Kier alpha value is -3.20. The van der Waals surface area contributed by atoms with E-state index >= 15 is 0 Å². The Balaban J connectivity index is 1.32. The summed E-state index contributed by atoms with van der Waals surface area (Å²) < 4.78 is 7.89. The van der Waals surface area contributed by atoms with Crippen molar-refractivity contribution in [1.29, 1.82) is 0 Å². The van der Waals surface area contributed by atoms with Gasteiger partial charge in [0.1, 0.15) is 11.6 Å². The predicted octanol–water partition coefficient (Wildman–Crippen LogP) is 5.13. The molecule has 1 N–H and O–H groups in total. The van der Waals surface area contributed by atoms with Gasteiger partial charge in [0, 0.05) is 48.5 Å². The number of ether oxygens (including phenoxy) is 1. The minimum absolute atomic E-state index is 0.674. The van der Waals surface area contributed by atoms with Crippen LogP contribution in [0.25, 0.3) is 22.3 Å². The average Bonchev–Trinajstić information content (AvgIpc) is 3.55. The van der Waals surface area contributed by atoms with Crippen molar-refractivity contribution in [1.82, 2.24) is 24.4 Å². The summed E-state index contributed by atoms with van der Waals surface area (Å²) >= 11 is 6.08. The molecule has 2 aromatic carbocycles. The number of benzene rings is 2. The van der Waals surface area contributed by atoms with Crippen LogP contribution in [0.5, 0.6) is 0 Å². The van der Waals surface area contributed by atoms with E-state index in [9.17, 15) is 0 Å². The molecule has 0 amide bonds. The zero-order valence-corrected chi connectivity index (χ0v) is 21.9. The van der Waals surface area contributed by atoms with Gasteiger partial charge in [-0.15, -0.1) is 0 Å². The molecule has 8 nitrogen and oxygen atoms in total. The van der Waals surface area contributed by atoms with Crippen molar-refractivity contribution >= 4 is 40.1 Å². The maximum Gasteiger partial charge on any atom is 0.228 e.